The van der Waals surface area contributed by atoms with E-state index >= 15 is 0 Å². The van der Waals surface area contributed by atoms with Gasteiger partial charge in [-0.05, 0) is 133 Å². The van der Waals surface area contributed by atoms with Crippen LogP contribution in [0.5, 0.6) is 0 Å². The van der Waals surface area contributed by atoms with E-state index in [4.69, 9.17) is 4.98 Å². The van der Waals surface area contributed by atoms with E-state index in [0.29, 0.717) is 0 Å². The lowest BCUT2D eigenvalue weighted by Crippen LogP contribution is -2.09. The summed E-state index contributed by atoms with van der Waals surface area (Å²) in [5, 5.41) is 4.48. The van der Waals surface area contributed by atoms with Crippen LogP contribution in [-0.4, -0.2) is 24.1 Å². The summed E-state index contributed by atoms with van der Waals surface area (Å²) in [4.78, 5) is 19.0. The van der Waals surface area contributed by atoms with Crippen molar-refractivity contribution < 1.29 is 0 Å². The predicted molar refractivity (Wildman–Crippen MR) is 289 cm³/mol. The molecule has 7 heteroatoms. The number of para-hydroxylation sites is 4. The van der Waals surface area contributed by atoms with Crippen LogP contribution in [0.3, 0.4) is 0 Å². The Morgan fingerprint density at radius 2 is 0.643 bits per heavy atom. The van der Waals surface area contributed by atoms with Gasteiger partial charge >= 0.3 is 0 Å². The SMILES string of the molecule is c1ccc(N(c2ccccc2)c2ccc3c(c2)c2cnccc2n3-c2ccc(-c3cccc(-c4ccc(-n5c6ccncc6c6cc(N(c7ccccc7)c7ccccc7)ccc65)cc4)n3)cc2)cc1. The molecule has 0 aliphatic rings. The van der Waals surface area contributed by atoms with Crippen LogP contribution in [0.2, 0.25) is 0 Å². The molecular weight excluding hydrogens is 855 g/mol. The molecule has 0 radical (unpaired) electrons. The molecule has 0 amide bonds. The fourth-order valence-electron chi connectivity index (χ4n) is 10.1. The third-order valence-corrected chi connectivity index (χ3v) is 13.3. The molecular formula is C63H43N7. The van der Waals surface area contributed by atoms with Gasteiger partial charge in [-0.3, -0.25) is 9.97 Å². The molecule has 0 aliphatic heterocycles. The second kappa shape index (κ2) is 17.2. The highest BCUT2D eigenvalue weighted by atomic mass is 15.1. The maximum absolute atomic E-state index is 5.21. The minimum atomic E-state index is 0.914. The van der Waals surface area contributed by atoms with Crippen LogP contribution in [-0.2, 0) is 0 Å². The smallest absolute Gasteiger partial charge is 0.0709 e. The molecule has 70 heavy (non-hydrogen) atoms. The minimum absolute atomic E-state index is 0.914. The predicted octanol–water partition coefficient (Wildman–Crippen LogP) is 16.3. The highest BCUT2D eigenvalue weighted by molar-refractivity contribution is 6.11. The second-order valence-corrected chi connectivity index (χ2v) is 17.4. The molecule has 0 saturated carbocycles. The Kier molecular flexibility index (Phi) is 10.0. The van der Waals surface area contributed by atoms with E-state index in [9.17, 15) is 0 Å². The second-order valence-electron chi connectivity index (χ2n) is 17.4. The van der Waals surface area contributed by atoms with Crippen molar-refractivity contribution in [2.45, 2.75) is 0 Å². The van der Waals surface area contributed by atoms with Gasteiger partial charge in [0.05, 0.1) is 33.5 Å². The molecule has 13 rings (SSSR count). The third-order valence-electron chi connectivity index (χ3n) is 13.3. The summed E-state index contributed by atoms with van der Waals surface area (Å²) in [6.07, 6.45) is 7.70. The Morgan fingerprint density at radius 3 is 1.01 bits per heavy atom. The summed E-state index contributed by atoms with van der Waals surface area (Å²) in [6.45, 7) is 0. The van der Waals surface area contributed by atoms with Gasteiger partial charge in [-0.1, -0.05) is 103 Å². The largest absolute Gasteiger partial charge is 0.310 e. The van der Waals surface area contributed by atoms with Crippen LogP contribution in [0, 0.1) is 0 Å². The van der Waals surface area contributed by atoms with Crippen LogP contribution in [0.25, 0.3) is 77.5 Å². The monoisotopic (exact) mass is 897 g/mol. The van der Waals surface area contributed by atoms with Gasteiger partial charge in [0.1, 0.15) is 0 Å². The Hall–Kier alpha value is -9.59. The first-order valence-electron chi connectivity index (χ1n) is 23.5. The number of pyridine rings is 3. The van der Waals surface area contributed by atoms with Crippen LogP contribution >= 0.6 is 0 Å². The first-order valence-corrected chi connectivity index (χ1v) is 23.5. The van der Waals surface area contributed by atoms with Gasteiger partial charge in [0.25, 0.3) is 0 Å². The van der Waals surface area contributed by atoms with Gasteiger partial charge in [-0.25, -0.2) is 4.98 Å². The summed E-state index contributed by atoms with van der Waals surface area (Å²) in [6, 6.07) is 83.5. The molecule has 0 spiro atoms. The molecule has 0 saturated heterocycles. The molecule has 330 valence electrons. The first kappa shape index (κ1) is 40.7. The maximum Gasteiger partial charge on any atom is 0.0709 e. The topological polar surface area (TPSA) is 55.0 Å². The molecule has 5 heterocycles. The van der Waals surface area contributed by atoms with Gasteiger partial charge < -0.3 is 18.9 Å². The van der Waals surface area contributed by atoms with Crippen molar-refractivity contribution in [1.82, 2.24) is 24.1 Å². The lowest BCUT2D eigenvalue weighted by atomic mass is 10.1. The van der Waals surface area contributed by atoms with E-state index in [1.54, 1.807) is 0 Å². The van der Waals surface area contributed by atoms with Gasteiger partial charge in [0.15, 0.2) is 0 Å². The maximum atomic E-state index is 5.21. The van der Waals surface area contributed by atoms with Crippen molar-refractivity contribution in [3.8, 4) is 33.9 Å². The number of nitrogens with zero attached hydrogens (tertiary/aromatic N) is 7. The highest BCUT2D eigenvalue weighted by Gasteiger charge is 2.20. The van der Waals surface area contributed by atoms with E-state index in [1.165, 1.54) is 0 Å². The van der Waals surface area contributed by atoms with Crippen molar-refractivity contribution in [1.29, 1.82) is 0 Å². The Morgan fingerprint density at radius 1 is 0.286 bits per heavy atom. The Bertz CT molecular complexity index is 3640. The third kappa shape index (κ3) is 7.12. The van der Waals surface area contributed by atoms with E-state index in [0.717, 1.165) is 112 Å². The highest BCUT2D eigenvalue weighted by Crippen LogP contribution is 2.42. The zero-order chi connectivity index (χ0) is 46.4. The van der Waals surface area contributed by atoms with Crippen LogP contribution in [0.1, 0.15) is 0 Å². The number of anilines is 6. The molecule has 0 aliphatic carbocycles. The van der Waals surface area contributed by atoms with Crippen molar-refractivity contribution in [2.75, 3.05) is 9.80 Å². The quantitative estimate of drug-likeness (QED) is 0.137. The Labute approximate surface area is 405 Å². The fourth-order valence-corrected chi connectivity index (χ4v) is 10.1. The molecule has 0 unspecified atom stereocenters. The lowest BCUT2D eigenvalue weighted by molar-refractivity contribution is 1.17. The number of hydrogen-bond acceptors (Lipinski definition) is 5. The molecule has 0 N–H and O–H groups in total. The molecule has 0 atom stereocenters. The van der Waals surface area contributed by atoms with Gasteiger partial charge in [0.2, 0.25) is 0 Å². The molecule has 0 bridgehead atoms. The van der Waals surface area contributed by atoms with E-state index in [1.807, 2.05) is 24.8 Å². The summed E-state index contributed by atoms with van der Waals surface area (Å²) in [5.74, 6) is 0. The van der Waals surface area contributed by atoms with Gasteiger partial charge in [-0.2, -0.15) is 0 Å². The van der Waals surface area contributed by atoms with Gasteiger partial charge in [-0.15, -0.1) is 0 Å². The summed E-state index contributed by atoms with van der Waals surface area (Å²) in [7, 11) is 0. The van der Waals surface area contributed by atoms with Crippen LogP contribution in [0.4, 0.5) is 34.1 Å². The number of aromatic nitrogens is 5. The molecule has 7 nitrogen and oxygen atoms in total. The average Bonchev–Trinajstić information content (AvgIpc) is 3.95. The number of rotatable bonds is 10. The van der Waals surface area contributed by atoms with E-state index < -0.39 is 0 Å². The first-order chi connectivity index (χ1) is 34.7. The molecule has 13 aromatic rings. The normalized spacial score (nSPS) is 11.4. The van der Waals surface area contributed by atoms with Crippen LogP contribution < -0.4 is 9.80 Å². The van der Waals surface area contributed by atoms with Crippen LogP contribution in [0.15, 0.2) is 261 Å². The van der Waals surface area contributed by atoms with E-state index in [-0.39, 0.29) is 0 Å². The lowest BCUT2D eigenvalue weighted by Gasteiger charge is -2.25. The zero-order valence-electron chi connectivity index (χ0n) is 38.0. The number of fused-ring (bicyclic) bond motifs is 6. The van der Waals surface area contributed by atoms with Crippen molar-refractivity contribution in [2.24, 2.45) is 0 Å². The number of hydrogen-bond donors (Lipinski definition) is 0. The van der Waals surface area contributed by atoms with E-state index in [2.05, 4.69) is 265 Å². The zero-order valence-corrected chi connectivity index (χ0v) is 38.0. The average molecular weight is 898 g/mol. The standard InChI is InChI=1S/C63H43N7/c1-5-14-46(15-6-1)67(47-16-7-2-8-17-47)52-32-34-60-54(40-52)56-42-64-38-36-62(56)69(60)50-28-24-44(25-29-50)58-22-13-23-59(66-58)45-26-30-51(31-27-45)70-61-35-33-53(41-55(61)57-43-65-39-37-63(57)70)68(48-18-9-3-10-19-48)49-20-11-4-12-21-49/h1-43H. The fraction of sp³-hybridized carbons (Fsp3) is 0. The minimum Gasteiger partial charge on any atom is -0.310 e. The molecule has 0 fully saturated rings. The molecule has 8 aromatic carbocycles. The van der Waals surface area contributed by atoms with Crippen molar-refractivity contribution >= 4 is 77.7 Å². The molecule has 5 aromatic heterocycles. The summed E-state index contributed by atoms with van der Waals surface area (Å²) >= 11 is 0. The number of benzene rings is 8. The van der Waals surface area contributed by atoms with Crippen molar-refractivity contribution in [3.05, 3.63) is 261 Å². The van der Waals surface area contributed by atoms with Gasteiger partial charge in [0, 0.05) is 103 Å². The Balaban J connectivity index is 0.813. The summed E-state index contributed by atoms with van der Waals surface area (Å²) < 4.78 is 4.66. The summed E-state index contributed by atoms with van der Waals surface area (Å²) in [5.41, 5.74) is 17.0. The van der Waals surface area contributed by atoms with Crippen molar-refractivity contribution in [3.63, 3.8) is 0 Å².